The van der Waals surface area contributed by atoms with Crippen LogP contribution in [0.3, 0.4) is 0 Å². The Morgan fingerprint density at radius 2 is 2.10 bits per heavy atom. The first-order valence-electron chi connectivity index (χ1n) is 7.95. The smallest absolute Gasteiger partial charge is 0.127 e. The first-order valence-corrected chi connectivity index (χ1v) is 7.95. The third-order valence-electron chi connectivity index (χ3n) is 4.51. The molecule has 1 atom stereocenters. The van der Waals surface area contributed by atoms with Gasteiger partial charge in [0.1, 0.15) is 5.82 Å². The molecule has 0 aromatic heterocycles. The van der Waals surface area contributed by atoms with Gasteiger partial charge in [0.25, 0.3) is 0 Å². The monoisotopic (exact) mass is 276 g/mol. The molecule has 1 aliphatic heterocycles. The molecule has 2 nitrogen and oxygen atoms in total. The van der Waals surface area contributed by atoms with Crippen LogP contribution in [0.15, 0.2) is 18.2 Å². The summed E-state index contributed by atoms with van der Waals surface area (Å²) in [6, 6.07) is 6.73. The minimum atomic E-state index is -0.0575. The zero-order valence-electron chi connectivity index (χ0n) is 12.4. The van der Waals surface area contributed by atoms with Gasteiger partial charge in [0.2, 0.25) is 0 Å². The van der Waals surface area contributed by atoms with Gasteiger partial charge in [-0.25, -0.2) is 4.39 Å². The van der Waals surface area contributed by atoms with Crippen molar-refractivity contribution in [1.29, 1.82) is 0 Å². The summed E-state index contributed by atoms with van der Waals surface area (Å²) in [5.74, 6) is -0.0575. The lowest BCUT2D eigenvalue weighted by atomic mass is 10.0. The quantitative estimate of drug-likeness (QED) is 0.888. The summed E-state index contributed by atoms with van der Waals surface area (Å²) in [5.41, 5.74) is 2.00. The Hall–Kier alpha value is -0.930. The number of nitrogens with one attached hydrogen (secondary N) is 1. The third-order valence-corrected chi connectivity index (χ3v) is 4.51. The van der Waals surface area contributed by atoms with E-state index in [2.05, 4.69) is 10.2 Å². The van der Waals surface area contributed by atoms with E-state index in [9.17, 15) is 4.39 Å². The maximum absolute atomic E-state index is 14.0. The number of aryl methyl sites for hydroxylation is 1. The molecule has 20 heavy (non-hydrogen) atoms. The van der Waals surface area contributed by atoms with Crippen LogP contribution in [0.4, 0.5) is 4.39 Å². The van der Waals surface area contributed by atoms with E-state index in [4.69, 9.17) is 0 Å². The Balaban J connectivity index is 1.66. The maximum atomic E-state index is 14.0. The van der Waals surface area contributed by atoms with E-state index in [1.54, 1.807) is 6.07 Å². The van der Waals surface area contributed by atoms with Crippen molar-refractivity contribution in [3.05, 3.63) is 35.1 Å². The summed E-state index contributed by atoms with van der Waals surface area (Å²) in [6.07, 6.45) is 6.45. The lowest BCUT2D eigenvalue weighted by molar-refractivity contribution is 0.206. The number of benzene rings is 1. The minimum Gasteiger partial charge on any atom is -0.313 e. The third kappa shape index (κ3) is 3.58. The molecular formula is C17H25FN2. The largest absolute Gasteiger partial charge is 0.313 e. The van der Waals surface area contributed by atoms with Gasteiger partial charge in [-0.1, -0.05) is 24.1 Å². The average molecular weight is 276 g/mol. The molecule has 0 spiro atoms. The molecule has 1 unspecified atom stereocenters. The fraction of sp³-hybridized carbons (Fsp3) is 0.647. The summed E-state index contributed by atoms with van der Waals surface area (Å²) < 4.78 is 14.0. The van der Waals surface area contributed by atoms with Crippen molar-refractivity contribution in [3.8, 4) is 0 Å². The molecular weight excluding hydrogens is 251 g/mol. The van der Waals surface area contributed by atoms with Crippen LogP contribution in [0.25, 0.3) is 0 Å². The van der Waals surface area contributed by atoms with Gasteiger partial charge in [0.15, 0.2) is 0 Å². The number of hydrogen-bond acceptors (Lipinski definition) is 2. The van der Waals surface area contributed by atoms with Gasteiger partial charge in [0, 0.05) is 30.7 Å². The van der Waals surface area contributed by atoms with Crippen LogP contribution in [0.1, 0.15) is 43.2 Å². The Kier molecular flexibility index (Phi) is 4.37. The van der Waals surface area contributed by atoms with Gasteiger partial charge in [0.05, 0.1) is 0 Å². The molecule has 110 valence electrons. The van der Waals surface area contributed by atoms with E-state index in [1.807, 2.05) is 19.1 Å². The SMILES string of the molecule is Cc1ccc(F)c(CN(CC2CCCCN2)C2CC2)c1. The second-order valence-electron chi connectivity index (χ2n) is 6.40. The van der Waals surface area contributed by atoms with E-state index in [1.165, 1.54) is 32.1 Å². The van der Waals surface area contributed by atoms with E-state index in [-0.39, 0.29) is 5.82 Å². The molecule has 3 heteroatoms. The predicted molar refractivity (Wildman–Crippen MR) is 80.2 cm³/mol. The van der Waals surface area contributed by atoms with Crippen LogP contribution in [0.5, 0.6) is 0 Å². The van der Waals surface area contributed by atoms with E-state index < -0.39 is 0 Å². The molecule has 1 saturated heterocycles. The molecule has 0 radical (unpaired) electrons. The average Bonchev–Trinajstić information content (AvgIpc) is 3.28. The first-order chi connectivity index (χ1) is 9.72. The predicted octanol–water partition coefficient (Wildman–Crippen LogP) is 3.24. The second kappa shape index (κ2) is 6.23. The highest BCUT2D eigenvalue weighted by molar-refractivity contribution is 5.24. The number of nitrogens with zero attached hydrogens (tertiary/aromatic N) is 1. The van der Waals surface area contributed by atoms with Crippen LogP contribution < -0.4 is 5.32 Å². The molecule has 1 aromatic rings. The van der Waals surface area contributed by atoms with Crippen LogP contribution in [-0.4, -0.2) is 30.1 Å². The summed E-state index contributed by atoms with van der Waals surface area (Å²) in [4.78, 5) is 2.49. The van der Waals surface area contributed by atoms with Gasteiger partial charge < -0.3 is 5.32 Å². The molecule has 2 aliphatic rings. The van der Waals surface area contributed by atoms with E-state index >= 15 is 0 Å². The van der Waals surface area contributed by atoms with Crippen molar-refractivity contribution in [1.82, 2.24) is 10.2 Å². The van der Waals surface area contributed by atoms with Crippen molar-refractivity contribution in [2.75, 3.05) is 13.1 Å². The van der Waals surface area contributed by atoms with Gasteiger partial charge in [-0.2, -0.15) is 0 Å². The van der Waals surface area contributed by atoms with Gasteiger partial charge in [-0.15, -0.1) is 0 Å². The number of hydrogen-bond donors (Lipinski definition) is 1. The first kappa shape index (κ1) is 14.0. The molecule has 0 bridgehead atoms. The fourth-order valence-electron chi connectivity index (χ4n) is 3.19. The molecule has 0 amide bonds. The number of piperidine rings is 1. The number of halogens is 1. The Morgan fingerprint density at radius 3 is 2.80 bits per heavy atom. The van der Waals surface area contributed by atoms with Crippen LogP contribution in [-0.2, 0) is 6.54 Å². The summed E-state index contributed by atoms with van der Waals surface area (Å²) in [7, 11) is 0. The zero-order valence-corrected chi connectivity index (χ0v) is 12.4. The van der Waals surface area contributed by atoms with Crippen molar-refractivity contribution in [3.63, 3.8) is 0 Å². The van der Waals surface area contributed by atoms with Crippen molar-refractivity contribution < 1.29 is 4.39 Å². The molecule has 3 rings (SSSR count). The standard InChI is InChI=1S/C17H25FN2/c1-13-5-8-17(18)14(10-13)11-20(16-6-7-16)12-15-4-2-3-9-19-15/h5,8,10,15-16,19H,2-4,6-7,9,11-12H2,1H3. The highest BCUT2D eigenvalue weighted by atomic mass is 19.1. The normalized spacial score (nSPS) is 23.2. The fourth-order valence-corrected chi connectivity index (χ4v) is 3.19. The molecule has 2 fully saturated rings. The molecule has 1 aliphatic carbocycles. The summed E-state index contributed by atoms with van der Waals surface area (Å²) >= 11 is 0. The summed E-state index contributed by atoms with van der Waals surface area (Å²) in [6.45, 7) is 5.00. The lowest BCUT2D eigenvalue weighted by Gasteiger charge is -2.31. The van der Waals surface area contributed by atoms with Crippen LogP contribution in [0.2, 0.25) is 0 Å². The van der Waals surface area contributed by atoms with E-state index in [0.29, 0.717) is 12.1 Å². The van der Waals surface area contributed by atoms with Crippen molar-refractivity contribution in [2.24, 2.45) is 0 Å². The van der Waals surface area contributed by atoms with Crippen LogP contribution >= 0.6 is 0 Å². The second-order valence-corrected chi connectivity index (χ2v) is 6.40. The molecule has 1 saturated carbocycles. The van der Waals surface area contributed by atoms with Gasteiger partial charge in [-0.3, -0.25) is 4.90 Å². The Labute approximate surface area is 121 Å². The zero-order chi connectivity index (χ0) is 13.9. The van der Waals surface area contributed by atoms with Crippen molar-refractivity contribution in [2.45, 2.75) is 57.7 Å². The van der Waals surface area contributed by atoms with Gasteiger partial charge >= 0.3 is 0 Å². The lowest BCUT2D eigenvalue weighted by Crippen LogP contribution is -2.44. The Morgan fingerprint density at radius 1 is 1.25 bits per heavy atom. The number of rotatable bonds is 5. The molecule has 1 heterocycles. The highest BCUT2D eigenvalue weighted by Gasteiger charge is 2.31. The Bertz CT molecular complexity index is 450. The van der Waals surface area contributed by atoms with Gasteiger partial charge in [-0.05, 0) is 45.2 Å². The molecule has 1 N–H and O–H groups in total. The highest BCUT2D eigenvalue weighted by Crippen LogP contribution is 2.29. The molecule has 1 aromatic carbocycles. The topological polar surface area (TPSA) is 15.3 Å². The van der Waals surface area contributed by atoms with Crippen LogP contribution in [0, 0.1) is 12.7 Å². The minimum absolute atomic E-state index is 0.0575. The van der Waals surface area contributed by atoms with Crippen molar-refractivity contribution >= 4 is 0 Å². The maximum Gasteiger partial charge on any atom is 0.127 e. The summed E-state index contributed by atoms with van der Waals surface area (Å²) in [5, 5.41) is 3.61. The van der Waals surface area contributed by atoms with E-state index in [0.717, 1.165) is 30.8 Å².